The molecule has 4 heteroatoms. The van der Waals surface area contributed by atoms with Crippen LogP contribution in [0.15, 0.2) is 36.4 Å². The van der Waals surface area contributed by atoms with Gasteiger partial charge in [-0.05, 0) is 36.4 Å². The standard InChI is InChI=1S/C13H17N3O/c1-16-11(8-14)4-5-12(16)9-15-10-2-6-13(17)7-3-10/h2-7,15,17H,8-9,14H2,1H3. The molecule has 17 heavy (non-hydrogen) atoms. The number of hydrogen-bond donors (Lipinski definition) is 3. The topological polar surface area (TPSA) is 63.2 Å². The molecule has 0 aliphatic carbocycles. The lowest BCUT2D eigenvalue weighted by Crippen LogP contribution is -2.08. The number of aromatic nitrogens is 1. The molecule has 0 amide bonds. The summed E-state index contributed by atoms with van der Waals surface area (Å²) in [7, 11) is 2.01. The number of nitrogens with one attached hydrogen (secondary N) is 1. The molecular weight excluding hydrogens is 214 g/mol. The monoisotopic (exact) mass is 231 g/mol. The van der Waals surface area contributed by atoms with Gasteiger partial charge in [-0.3, -0.25) is 0 Å². The highest BCUT2D eigenvalue weighted by molar-refractivity contribution is 5.46. The van der Waals surface area contributed by atoms with Crippen LogP contribution in [0.25, 0.3) is 0 Å². The molecule has 0 aliphatic rings. The van der Waals surface area contributed by atoms with Gasteiger partial charge in [0.1, 0.15) is 5.75 Å². The van der Waals surface area contributed by atoms with E-state index in [9.17, 15) is 5.11 Å². The molecule has 0 bridgehead atoms. The van der Waals surface area contributed by atoms with E-state index >= 15 is 0 Å². The number of nitrogens with zero attached hydrogens (tertiary/aromatic N) is 1. The summed E-state index contributed by atoms with van der Waals surface area (Å²) < 4.78 is 2.09. The van der Waals surface area contributed by atoms with Crippen LogP contribution in [0.2, 0.25) is 0 Å². The second-order valence-electron chi connectivity index (χ2n) is 3.98. The Hall–Kier alpha value is -1.94. The number of aromatic hydroxyl groups is 1. The van der Waals surface area contributed by atoms with Crippen LogP contribution in [0.5, 0.6) is 5.75 Å². The molecule has 0 aliphatic heterocycles. The number of phenolic OH excluding ortho intramolecular Hbond substituents is 1. The van der Waals surface area contributed by atoms with Crippen molar-refractivity contribution in [2.45, 2.75) is 13.1 Å². The van der Waals surface area contributed by atoms with Gasteiger partial charge >= 0.3 is 0 Å². The smallest absolute Gasteiger partial charge is 0.115 e. The van der Waals surface area contributed by atoms with E-state index in [0.717, 1.165) is 17.9 Å². The highest BCUT2D eigenvalue weighted by Crippen LogP contribution is 2.15. The Labute approximate surface area is 101 Å². The molecule has 1 aromatic heterocycles. The molecule has 4 nitrogen and oxygen atoms in total. The first-order chi connectivity index (χ1) is 8.20. The summed E-state index contributed by atoms with van der Waals surface area (Å²) in [6.07, 6.45) is 0. The van der Waals surface area contributed by atoms with Crippen molar-refractivity contribution in [2.24, 2.45) is 12.8 Å². The third-order valence-electron chi connectivity index (χ3n) is 2.88. The van der Waals surface area contributed by atoms with E-state index in [4.69, 9.17) is 5.73 Å². The lowest BCUT2D eigenvalue weighted by atomic mass is 10.3. The van der Waals surface area contributed by atoms with Crippen LogP contribution in [0.4, 0.5) is 5.69 Å². The van der Waals surface area contributed by atoms with Crippen LogP contribution >= 0.6 is 0 Å². The summed E-state index contributed by atoms with van der Waals surface area (Å²) in [6.45, 7) is 1.29. The molecule has 0 radical (unpaired) electrons. The van der Waals surface area contributed by atoms with Crippen molar-refractivity contribution in [3.05, 3.63) is 47.8 Å². The lowest BCUT2D eigenvalue weighted by molar-refractivity contribution is 0.475. The molecule has 0 spiro atoms. The van der Waals surface area contributed by atoms with E-state index in [1.54, 1.807) is 12.1 Å². The number of benzene rings is 1. The quantitative estimate of drug-likeness (QED) is 0.703. The van der Waals surface area contributed by atoms with Gasteiger partial charge in [-0.25, -0.2) is 0 Å². The van der Waals surface area contributed by atoms with E-state index in [2.05, 4.69) is 16.0 Å². The maximum Gasteiger partial charge on any atom is 0.115 e. The van der Waals surface area contributed by atoms with Gasteiger partial charge in [-0.2, -0.15) is 0 Å². The van der Waals surface area contributed by atoms with E-state index in [1.807, 2.05) is 25.2 Å². The molecule has 1 aromatic carbocycles. The molecule has 1 heterocycles. The minimum atomic E-state index is 0.278. The molecule has 2 aromatic rings. The van der Waals surface area contributed by atoms with Gasteiger partial charge in [-0.1, -0.05) is 0 Å². The van der Waals surface area contributed by atoms with Gasteiger partial charge < -0.3 is 20.7 Å². The molecule has 4 N–H and O–H groups in total. The summed E-state index contributed by atoms with van der Waals surface area (Å²) in [5.41, 5.74) is 8.90. The second-order valence-corrected chi connectivity index (χ2v) is 3.98. The van der Waals surface area contributed by atoms with Gasteiger partial charge in [0.2, 0.25) is 0 Å². The second kappa shape index (κ2) is 4.93. The highest BCUT2D eigenvalue weighted by Gasteiger charge is 2.02. The minimum Gasteiger partial charge on any atom is -0.508 e. The SMILES string of the molecule is Cn1c(CN)ccc1CNc1ccc(O)cc1. The first kappa shape index (κ1) is 11.5. The van der Waals surface area contributed by atoms with Crippen LogP contribution in [-0.2, 0) is 20.1 Å². The Morgan fingerprint density at radius 2 is 1.76 bits per heavy atom. The van der Waals surface area contributed by atoms with E-state index in [0.29, 0.717) is 6.54 Å². The average molecular weight is 231 g/mol. The Morgan fingerprint density at radius 1 is 1.12 bits per heavy atom. The van der Waals surface area contributed by atoms with Gasteiger partial charge in [0.05, 0.1) is 6.54 Å². The Morgan fingerprint density at radius 3 is 2.35 bits per heavy atom. The molecule has 0 atom stereocenters. The van der Waals surface area contributed by atoms with Crippen LogP contribution < -0.4 is 11.1 Å². The predicted octanol–water partition coefficient (Wildman–Crippen LogP) is 1.80. The van der Waals surface area contributed by atoms with E-state index < -0.39 is 0 Å². The van der Waals surface area contributed by atoms with Crippen molar-refractivity contribution in [3.63, 3.8) is 0 Å². The van der Waals surface area contributed by atoms with E-state index in [1.165, 1.54) is 5.69 Å². The fourth-order valence-corrected chi connectivity index (χ4v) is 1.75. The average Bonchev–Trinajstić information content (AvgIpc) is 2.69. The zero-order valence-electron chi connectivity index (χ0n) is 9.85. The first-order valence-corrected chi connectivity index (χ1v) is 5.57. The third-order valence-corrected chi connectivity index (χ3v) is 2.88. The summed E-state index contributed by atoms with van der Waals surface area (Å²) in [4.78, 5) is 0. The highest BCUT2D eigenvalue weighted by atomic mass is 16.3. The maximum absolute atomic E-state index is 9.18. The van der Waals surface area contributed by atoms with Crippen LogP contribution in [-0.4, -0.2) is 9.67 Å². The number of rotatable bonds is 4. The molecule has 0 saturated heterocycles. The van der Waals surface area contributed by atoms with E-state index in [-0.39, 0.29) is 5.75 Å². The summed E-state index contributed by atoms with van der Waals surface area (Å²) in [6, 6.07) is 11.1. The number of phenols is 1. The summed E-state index contributed by atoms with van der Waals surface area (Å²) >= 11 is 0. The van der Waals surface area contributed by atoms with Crippen molar-refractivity contribution < 1.29 is 5.11 Å². The van der Waals surface area contributed by atoms with Crippen molar-refractivity contribution in [2.75, 3.05) is 5.32 Å². The largest absolute Gasteiger partial charge is 0.508 e. The van der Waals surface area contributed by atoms with Crippen molar-refractivity contribution >= 4 is 5.69 Å². The number of hydrogen-bond acceptors (Lipinski definition) is 3. The van der Waals surface area contributed by atoms with Crippen molar-refractivity contribution in [3.8, 4) is 5.75 Å². The van der Waals surface area contributed by atoms with Crippen molar-refractivity contribution in [1.29, 1.82) is 0 Å². The molecule has 2 rings (SSSR count). The fourth-order valence-electron chi connectivity index (χ4n) is 1.75. The molecule has 90 valence electrons. The zero-order valence-corrected chi connectivity index (χ0v) is 9.85. The Balaban J connectivity index is 2.02. The maximum atomic E-state index is 9.18. The van der Waals surface area contributed by atoms with Gasteiger partial charge in [0, 0.05) is 30.7 Å². The lowest BCUT2D eigenvalue weighted by Gasteiger charge is -2.09. The number of nitrogens with two attached hydrogens (primary N) is 1. The van der Waals surface area contributed by atoms with Crippen LogP contribution in [0.1, 0.15) is 11.4 Å². The Bertz CT molecular complexity index is 488. The fraction of sp³-hybridized carbons (Fsp3) is 0.231. The first-order valence-electron chi connectivity index (χ1n) is 5.57. The van der Waals surface area contributed by atoms with Gasteiger partial charge in [0.15, 0.2) is 0 Å². The summed E-state index contributed by atoms with van der Waals surface area (Å²) in [5.74, 6) is 0.278. The molecule has 0 saturated carbocycles. The third kappa shape index (κ3) is 2.60. The normalized spacial score (nSPS) is 10.5. The molecular formula is C13H17N3O. The van der Waals surface area contributed by atoms with Crippen molar-refractivity contribution in [1.82, 2.24) is 4.57 Å². The molecule has 0 fully saturated rings. The number of anilines is 1. The zero-order chi connectivity index (χ0) is 12.3. The summed E-state index contributed by atoms with van der Waals surface area (Å²) in [5, 5.41) is 12.5. The molecule has 0 unspecified atom stereocenters. The Kier molecular flexibility index (Phi) is 3.35. The van der Waals surface area contributed by atoms with Crippen LogP contribution in [0, 0.1) is 0 Å². The minimum absolute atomic E-state index is 0.278. The van der Waals surface area contributed by atoms with Gasteiger partial charge in [0.25, 0.3) is 0 Å². The van der Waals surface area contributed by atoms with Crippen LogP contribution in [0.3, 0.4) is 0 Å². The predicted molar refractivity (Wildman–Crippen MR) is 68.7 cm³/mol. The van der Waals surface area contributed by atoms with Gasteiger partial charge in [-0.15, -0.1) is 0 Å².